The van der Waals surface area contributed by atoms with E-state index in [2.05, 4.69) is 34.5 Å². The lowest BCUT2D eigenvalue weighted by atomic mass is 10.0. The largest absolute Gasteiger partial charge is 0.497 e. The summed E-state index contributed by atoms with van der Waals surface area (Å²) in [6.07, 6.45) is 2.14. The summed E-state index contributed by atoms with van der Waals surface area (Å²) in [6, 6.07) is 14.4. The number of anilines is 1. The number of rotatable bonds is 8. The number of likely N-dealkylation sites (tertiary alicyclic amines) is 1. The van der Waals surface area contributed by atoms with Crippen LogP contribution in [0.3, 0.4) is 0 Å². The number of hydrogen-bond donors (Lipinski definition) is 2. The molecule has 0 saturated carbocycles. The van der Waals surface area contributed by atoms with Gasteiger partial charge >= 0.3 is 0 Å². The van der Waals surface area contributed by atoms with Crippen LogP contribution in [-0.2, 0) is 11.3 Å². The molecular weight excluding hydrogens is 366 g/mol. The second kappa shape index (κ2) is 9.65. The summed E-state index contributed by atoms with van der Waals surface area (Å²) in [4.78, 5) is 15.9. The first-order chi connectivity index (χ1) is 14.0. The highest BCUT2D eigenvalue weighted by atomic mass is 16.5. The van der Waals surface area contributed by atoms with Gasteiger partial charge in [0.1, 0.15) is 17.5 Å². The lowest BCUT2D eigenvalue weighted by Crippen LogP contribution is -3.11. The Balaban J connectivity index is 1.61. The minimum absolute atomic E-state index is 0.0745. The van der Waals surface area contributed by atoms with Gasteiger partial charge in [-0.25, -0.2) is 0 Å². The maximum atomic E-state index is 12.6. The Morgan fingerprint density at radius 3 is 2.55 bits per heavy atom. The molecule has 0 radical (unpaired) electrons. The summed E-state index contributed by atoms with van der Waals surface area (Å²) in [5.74, 6) is 1.75. The molecule has 2 N–H and O–H groups in total. The van der Waals surface area contributed by atoms with Crippen molar-refractivity contribution in [2.24, 2.45) is 0 Å². The maximum Gasteiger partial charge on any atom is 0.275 e. The number of benzene rings is 2. The molecule has 3 rings (SSSR count). The highest BCUT2D eigenvalue weighted by molar-refractivity contribution is 5.76. The van der Waals surface area contributed by atoms with Crippen molar-refractivity contribution in [1.29, 1.82) is 0 Å². The van der Waals surface area contributed by atoms with Gasteiger partial charge in [-0.15, -0.1) is 0 Å². The molecule has 2 aromatic carbocycles. The second-order valence-corrected chi connectivity index (χ2v) is 7.73. The lowest BCUT2D eigenvalue weighted by molar-refractivity contribution is -0.910. The van der Waals surface area contributed by atoms with Crippen molar-refractivity contribution >= 4 is 11.6 Å². The van der Waals surface area contributed by atoms with Crippen LogP contribution in [0.25, 0.3) is 0 Å². The smallest absolute Gasteiger partial charge is 0.275 e. The van der Waals surface area contributed by atoms with Gasteiger partial charge in [0.15, 0.2) is 6.54 Å². The van der Waals surface area contributed by atoms with E-state index in [0.717, 1.165) is 47.7 Å². The Kier molecular flexibility index (Phi) is 6.99. The number of carbonyl (C=O) groups is 1. The Morgan fingerprint density at radius 1 is 1.14 bits per heavy atom. The van der Waals surface area contributed by atoms with Crippen LogP contribution in [0.1, 0.15) is 30.0 Å². The third kappa shape index (κ3) is 5.21. The number of ether oxygens (including phenoxy) is 2. The van der Waals surface area contributed by atoms with E-state index >= 15 is 0 Å². The number of quaternary nitrogens is 1. The molecule has 0 spiro atoms. The highest BCUT2D eigenvalue weighted by Gasteiger charge is 2.33. The number of hydrogen-bond acceptors (Lipinski definition) is 4. The number of carbonyl (C=O) groups excluding carboxylic acids is 1. The van der Waals surface area contributed by atoms with Crippen molar-refractivity contribution in [1.82, 2.24) is 5.32 Å². The van der Waals surface area contributed by atoms with Gasteiger partial charge in [-0.05, 0) is 35.9 Å². The van der Waals surface area contributed by atoms with E-state index in [-0.39, 0.29) is 11.9 Å². The van der Waals surface area contributed by atoms with E-state index in [1.165, 1.54) is 4.90 Å². The Bertz CT molecular complexity index is 821. The second-order valence-electron chi connectivity index (χ2n) is 7.73. The SMILES string of the molecule is COc1ccc(OC)c([C@@H]2CCC[NH+]2CC(=O)NCc2ccc(N(C)C)cc2)c1. The summed E-state index contributed by atoms with van der Waals surface area (Å²) < 4.78 is 11.0. The van der Waals surface area contributed by atoms with Crippen molar-refractivity contribution in [3.8, 4) is 11.5 Å². The van der Waals surface area contributed by atoms with Crippen LogP contribution in [0.5, 0.6) is 11.5 Å². The average molecular weight is 399 g/mol. The predicted octanol–water partition coefficient (Wildman–Crippen LogP) is 1.81. The van der Waals surface area contributed by atoms with Gasteiger partial charge in [-0.3, -0.25) is 4.79 Å². The Morgan fingerprint density at radius 2 is 1.90 bits per heavy atom. The molecule has 0 aliphatic carbocycles. The maximum absolute atomic E-state index is 12.6. The molecule has 1 amide bonds. The fourth-order valence-corrected chi connectivity index (χ4v) is 3.99. The molecule has 0 aromatic heterocycles. The third-order valence-electron chi connectivity index (χ3n) is 5.63. The molecule has 1 aliphatic heterocycles. The van der Waals surface area contributed by atoms with E-state index < -0.39 is 0 Å². The molecule has 6 nitrogen and oxygen atoms in total. The average Bonchev–Trinajstić information content (AvgIpc) is 3.19. The van der Waals surface area contributed by atoms with Crippen LogP contribution in [0, 0.1) is 0 Å². The number of nitrogens with one attached hydrogen (secondary N) is 2. The molecule has 2 atom stereocenters. The summed E-state index contributed by atoms with van der Waals surface area (Å²) in [5, 5.41) is 3.07. The standard InChI is InChI=1S/C23H31N3O3/c1-25(2)18-9-7-17(8-10-18)15-24-23(27)16-26-13-5-6-21(26)20-14-19(28-3)11-12-22(20)29-4/h7-12,14,21H,5-6,13,15-16H2,1-4H3,(H,24,27)/p+1/t21-/m0/s1. The molecule has 1 unspecified atom stereocenters. The van der Waals surface area contributed by atoms with Gasteiger partial charge in [0.25, 0.3) is 5.91 Å². The minimum atomic E-state index is 0.0745. The van der Waals surface area contributed by atoms with E-state index in [4.69, 9.17) is 9.47 Å². The molecular formula is C23H32N3O3+. The molecule has 1 saturated heterocycles. The van der Waals surface area contributed by atoms with Crippen LogP contribution >= 0.6 is 0 Å². The first-order valence-electron chi connectivity index (χ1n) is 10.1. The number of amides is 1. The topological polar surface area (TPSA) is 55.2 Å². The quantitative estimate of drug-likeness (QED) is 0.712. The summed E-state index contributed by atoms with van der Waals surface area (Å²) in [6.45, 7) is 1.99. The number of nitrogens with zero attached hydrogens (tertiary/aromatic N) is 1. The van der Waals surface area contributed by atoms with Gasteiger partial charge < -0.3 is 24.6 Å². The van der Waals surface area contributed by atoms with Gasteiger partial charge in [0.05, 0.1) is 26.3 Å². The third-order valence-corrected chi connectivity index (χ3v) is 5.63. The van der Waals surface area contributed by atoms with Crippen molar-refractivity contribution < 1.29 is 19.2 Å². The van der Waals surface area contributed by atoms with Crippen molar-refractivity contribution in [2.75, 3.05) is 46.3 Å². The van der Waals surface area contributed by atoms with Crippen LogP contribution in [0.4, 0.5) is 5.69 Å². The fourth-order valence-electron chi connectivity index (χ4n) is 3.99. The summed E-state index contributed by atoms with van der Waals surface area (Å²) >= 11 is 0. The van der Waals surface area contributed by atoms with Gasteiger partial charge in [-0.2, -0.15) is 0 Å². The van der Waals surface area contributed by atoms with Gasteiger partial charge in [0.2, 0.25) is 0 Å². The minimum Gasteiger partial charge on any atom is -0.497 e. The van der Waals surface area contributed by atoms with E-state index in [9.17, 15) is 4.79 Å². The summed E-state index contributed by atoms with van der Waals surface area (Å²) in [5.41, 5.74) is 3.37. The van der Waals surface area contributed by atoms with E-state index in [1.54, 1.807) is 14.2 Å². The first kappa shape index (κ1) is 21.0. The van der Waals surface area contributed by atoms with E-state index in [1.807, 2.05) is 32.3 Å². The summed E-state index contributed by atoms with van der Waals surface area (Å²) in [7, 11) is 7.39. The van der Waals surface area contributed by atoms with Crippen molar-refractivity contribution in [3.63, 3.8) is 0 Å². The Labute approximate surface area is 173 Å². The molecule has 1 heterocycles. The van der Waals surface area contributed by atoms with Crippen LogP contribution < -0.4 is 24.6 Å². The Hall–Kier alpha value is -2.73. The van der Waals surface area contributed by atoms with Crippen molar-refractivity contribution in [2.45, 2.75) is 25.4 Å². The zero-order valence-corrected chi connectivity index (χ0v) is 17.8. The zero-order valence-electron chi connectivity index (χ0n) is 17.8. The van der Waals surface area contributed by atoms with E-state index in [0.29, 0.717) is 13.1 Å². The fraction of sp³-hybridized carbons (Fsp3) is 0.435. The van der Waals surface area contributed by atoms with Crippen molar-refractivity contribution in [3.05, 3.63) is 53.6 Å². The lowest BCUT2D eigenvalue weighted by Gasteiger charge is -2.23. The van der Waals surface area contributed by atoms with Crippen LogP contribution in [0.2, 0.25) is 0 Å². The molecule has 0 bridgehead atoms. The monoisotopic (exact) mass is 398 g/mol. The first-order valence-corrected chi connectivity index (χ1v) is 10.1. The zero-order chi connectivity index (χ0) is 20.8. The predicted molar refractivity (Wildman–Crippen MR) is 115 cm³/mol. The molecule has 6 heteroatoms. The molecule has 29 heavy (non-hydrogen) atoms. The molecule has 1 aliphatic rings. The molecule has 2 aromatic rings. The molecule has 156 valence electrons. The van der Waals surface area contributed by atoms with Gasteiger partial charge in [0, 0.05) is 39.2 Å². The highest BCUT2D eigenvalue weighted by Crippen LogP contribution is 2.31. The van der Waals surface area contributed by atoms with Gasteiger partial charge in [-0.1, -0.05) is 12.1 Å². The van der Waals surface area contributed by atoms with Crippen LogP contribution in [0.15, 0.2) is 42.5 Å². The number of methoxy groups -OCH3 is 2. The van der Waals surface area contributed by atoms with Crippen LogP contribution in [-0.4, -0.2) is 47.3 Å². The molecule has 1 fully saturated rings. The normalized spacial score (nSPS) is 18.3.